The smallest absolute Gasteiger partial charge is 0.356 e. The highest BCUT2D eigenvalue weighted by molar-refractivity contribution is 9.10. The third kappa shape index (κ3) is 2.41. The second kappa shape index (κ2) is 4.52. The average Bonchev–Trinajstić information content (AvgIpc) is 2.20. The second-order valence-electron chi connectivity index (χ2n) is 2.58. The van der Waals surface area contributed by atoms with Crippen molar-refractivity contribution in [3.63, 3.8) is 0 Å². The number of anilines is 1. The molecule has 0 aliphatic heterocycles. The van der Waals surface area contributed by atoms with Crippen LogP contribution in [0, 0.1) is 0 Å². The van der Waals surface area contributed by atoms with Crippen LogP contribution in [0.3, 0.4) is 0 Å². The summed E-state index contributed by atoms with van der Waals surface area (Å²) >= 11 is 2.96. The minimum atomic E-state index is -2.84. The molecule has 0 bridgehead atoms. The number of halogens is 3. The number of nitrogen functional groups attached to an aromatic ring is 1. The second-order valence-corrected chi connectivity index (χ2v) is 3.43. The highest BCUT2D eigenvalue weighted by Crippen LogP contribution is 2.29. The molecule has 1 heterocycles. The van der Waals surface area contributed by atoms with Crippen molar-refractivity contribution in [2.24, 2.45) is 0 Å². The first-order chi connectivity index (χ1) is 6.97. The Morgan fingerprint density at radius 3 is 2.73 bits per heavy atom. The van der Waals surface area contributed by atoms with Crippen LogP contribution in [-0.4, -0.2) is 18.1 Å². The van der Waals surface area contributed by atoms with Gasteiger partial charge in [-0.25, -0.2) is 18.6 Å². The van der Waals surface area contributed by atoms with Gasteiger partial charge in [0.05, 0.1) is 12.8 Å². The van der Waals surface area contributed by atoms with Crippen molar-refractivity contribution in [1.82, 2.24) is 4.98 Å². The van der Waals surface area contributed by atoms with E-state index in [0.717, 1.165) is 7.11 Å². The molecule has 0 aromatic carbocycles. The minimum absolute atomic E-state index is 0.183. The Morgan fingerprint density at radius 1 is 1.67 bits per heavy atom. The van der Waals surface area contributed by atoms with Gasteiger partial charge in [-0.3, -0.25) is 0 Å². The van der Waals surface area contributed by atoms with E-state index in [-0.39, 0.29) is 15.9 Å². The van der Waals surface area contributed by atoms with Crippen molar-refractivity contribution in [2.75, 3.05) is 12.8 Å². The minimum Gasteiger partial charge on any atom is -0.464 e. The van der Waals surface area contributed by atoms with Gasteiger partial charge in [-0.05, 0) is 22.0 Å². The zero-order chi connectivity index (χ0) is 11.6. The Bertz CT molecular complexity index is 398. The number of nitrogens with zero attached hydrogens (tertiary/aromatic N) is 1. The Labute approximate surface area is 92.6 Å². The summed E-state index contributed by atoms with van der Waals surface area (Å²) < 4.78 is 29.4. The number of rotatable bonds is 2. The largest absolute Gasteiger partial charge is 0.464 e. The number of pyridine rings is 1. The molecule has 15 heavy (non-hydrogen) atoms. The van der Waals surface area contributed by atoms with E-state index in [1.807, 2.05) is 0 Å². The predicted molar refractivity (Wildman–Crippen MR) is 52.6 cm³/mol. The summed E-state index contributed by atoms with van der Waals surface area (Å²) in [5.41, 5.74) is 4.32. The molecule has 4 nitrogen and oxygen atoms in total. The highest BCUT2D eigenvalue weighted by atomic mass is 79.9. The molecule has 82 valence electrons. The van der Waals surface area contributed by atoms with E-state index in [0.29, 0.717) is 0 Å². The molecule has 0 saturated carbocycles. The number of carbonyl (C=O) groups excluding carboxylic acids is 1. The number of nitrogens with two attached hydrogens (primary N) is 1. The molecule has 0 aliphatic rings. The Morgan fingerprint density at radius 2 is 2.27 bits per heavy atom. The fraction of sp³-hybridized carbons (Fsp3) is 0.250. The average molecular weight is 281 g/mol. The molecule has 0 saturated heterocycles. The molecule has 0 radical (unpaired) electrons. The van der Waals surface area contributed by atoms with E-state index in [4.69, 9.17) is 5.73 Å². The van der Waals surface area contributed by atoms with E-state index >= 15 is 0 Å². The molecular formula is C8H7BrF2N2O2. The first kappa shape index (κ1) is 11.8. The predicted octanol–water partition coefficient (Wildman–Crippen LogP) is 2.15. The van der Waals surface area contributed by atoms with Gasteiger partial charge in [0.25, 0.3) is 6.43 Å². The van der Waals surface area contributed by atoms with Gasteiger partial charge >= 0.3 is 5.97 Å². The number of carbonyl (C=O) groups is 1. The number of methoxy groups -OCH3 is 1. The lowest BCUT2D eigenvalue weighted by molar-refractivity contribution is 0.0592. The van der Waals surface area contributed by atoms with Crippen molar-refractivity contribution in [3.05, 3.63) is 21.9 Å². The molecular weight excluding hydrogens is 274 g/mol. The molecule has 1 rings (SSSR count). The summed E-state index contributed by atoms with van der Waals surface area (Å²) in [6.07, 6.45) is -2.84. The number of ether oxygens (including phenoxy) is 1. The van der Waals surface area contributed by atoms with Crippen LogP contribution in [0.25, 0.3) is 0 Å². The van der Waals surface area contributed by atoms with Crippen molar-refractivity contribution >= 4 is 27.6 Å². The first-order valence-electron chi connectivity index (χ1n) is 3.79. The van der Waals surface area contributed by atoms with E-state index in [9.17, 15) is 13.6 Å². The van der Waals surface area contributed by atoms with Gasteiger partial charge in [0.15, 0.2) is 0 Å². The lowest BCUT2D eigenvalue weighted by atomic mass is 10.2. The van der Waals surface area contributed by atoms with E-state index < -0.39 is 18.1 Å². The lowest BCUT2D eigenvalue weighted by Crippen LogP contribution is -2.09. The molecule has 0 aliphatic carbocycles. The van der Waals surface area contributed by atoms with Gasteiger partial charge in [-0.2, -0.15) is 0 Å². The van der Waals surface area contributed by atoms with Crippen molar-refractivity contribution < 1.29 is 18.3 Å². The topological polar surface area (TPSA) is 65.2 Å². The van der Waals surface area contributed by atoms with Crippen LogP contribution >= 0.6 is 15.9 Å². The van der Waals surface area contributed by atoms with E-state index in [1.54, 1.807) is 0 Å². The molecule has 0 atom stereocenters. The van der Waals surface area contributed by atoms with Crippen LogP contribution in [0.2, 0.25) is 0 Å². The van der Waals surface area contributed by atoms with Gasteiger partial charge < -0.3 is 10.5 Å². The maximum absolute atomic E-state index is 12.4. The first-order valence-corrected chi connectivity index (χ1v) is 4.59. The third-order valence-corrected chi connectivity index (χ3v) is 2.29. The van der Waals surface area contributed by atoms with Crippen molar-refractivity contribution in [3.8, 4) is 0 Å². The fourth-order valence-electron chi connectivity index (χ4n) is 0.918. The molecule has 7 heteroatoms. The van der Waals surface area contributed by atoms with Gasteiger partial charge in [0, 0.05) is 4.47 Å². The van der Waals surface area contributed by atoms with E-state index in [1.165, 1.54) is 6.07 Å². The number of aromatic nitrogens is 1. The molecule has 1 aromatic heterocycles. The van der Waals surface area contributed by atoms with Crippen LogP contribution in [-0.2, 0) is 4.74 Å². The highest BCUT2D eigenvalue weighted by Gasteiger charge is 2.19. The number of esters is 1. The zero-order valence-electron chi connectivity index (χ0n) is 7.63. The number of hydrogen-bond acceptors (Lipinski definition) is 4. The van der Waals surface area contributed by atoms with Crippen LogP contribution in [0.15, 0.2) is 10.5 Å². The molecule has 2 N–H and O–H groups in total. The summed E-state index contributed by atoms with van der Waals surface area (Å²) in [5, 5.41) is 0. The van der Waals surface area contributed by atoms with Gasteiger partial charge in [-0.1, -0.05) is 0 Å². The van der Waals surface area contributed by atoms with Crippen LogP contribution in [0.5, 0.6) is 0 Å². The summed E-state index contributed by atoms with van der Waals surface area (Å²) in [7, 11) is 1.14. The summed E-state index contributed by atoms with van der Waals surface area (Å²) in [4.78, 5) is 14.5. The Balaban J connectivity index is 3.29. The van der Waals surface area contributed by atoms with Crippen molar-refractivity contribution in [1.29, 1.82) is 0 Å². The monoisotopic (exact) mass is 280 g/mol. The molecule has 0 unspecified atom stereocenters. The standard InChI is InChI=1S/C8H7BrF2N2O2/c1-15-8(14)4-2-3(9)5(12)6(13-4)7(10)11/h2,7H,12H2,1H3. The van der Waals surface area contributed by atoms with Gasteiger partial charge in [-0.15, -0.1) is 0 Å². The number of alkyl halides is 2. The van der Waals surface area contributed by atoms with Crippen LogP contribution in [0.4, 0.5) is 14.5 Å². The third-order valence-electron chi connectivity index (χ3n) is 1.64. The summed E-state index contributed by atoms with van der Waals surface area (Å²) in [6.45, 7) is 0. The SMILES string of the molecule is COC(=O)c1cc(Br)c(N)c(C(F)F)n1. The fourth-order valence-corrected chi connectivity index (χ4v) is 1.34. The Hall–Kier alpha value is -1.24. The van der Waals surface area contributed by atoms with Gasteiger partial charge in [0.1, 0.15) is 11.4 Å². The summed E-state index contributed by atoms with van der Waals surface area (Å²) in [6, 6.07) is 1.23. The number of hydrogen-bond donors (Lipinski definition) is 1. The molecule has 0 spiro atoms. The quantitative estimate of drug-likeness (QED) is 0.843. The lowest BCUT2D eigenvalue weighted by Gasteiger charge is -2.07. The Kier molecular flexibility index (Phi) is 3.57. The van der Waals surface area contributed by atoms with Crippen LogP contribution in [0.1, 0.15) is 22.6 Å². The maximum Gasteiger partial charge on any atom is 0.356 e. The molecule has 0 fully saturated rings. The van der Waals surface area contributed by atoms with Crippen molar-refractivity contribution in [2.45, 2.75) is 6.43 Å². The molecule has 1 aromatic rings. The zero-order valence-corrected chi connectivity index (χ0v) is 9.22. The molecule has 0 amide bonds. The maximum atomic E-state index is 12.4. The van der Waals surface area contributed by atoms with E-state index in [2.05, 4.69) is 25.7 Å². The van der Waals surface area contributed by atoms with Crippen LogP contribution < -0.4 is 5.73 Å². The normalized spacial score (nSPS) is 10.5. The summed E-state index contributed by atoms with van der Waals surface area (Å²) in [5.74, 6) is -0.794. The van der Waals surface area contributed by atoms with Gasteiger partial charge in [0.2, 0.25) is 0 Å².